The molecule has 0 aliphatic carbocycles. The van der Waals surface area contributed by atoms with Crippen LogP contribution in [0.5, 0.6) is 0 Å². The van der Waals surface area contributed by atoms with Crippen molar-refractivity contribution in [3.05, 3.63) is 30.3 Å². The number of carbonyl (C=O) groups excluding carboxylic acids is 1. The number of hydrogen-bond acceptors (Lipinski definition) is 2. The molecule has 0 heterocycles. The molecule has 0 aromatic heterocycles. The van der Waals surface area contributed by atoms with E-state index in [0.29, 0.717) is 5.69 Å². The number of para-hydroxylation sites is 1. The molecule has 0 aliphatic heterocycles. The molecule has 0 N–H and O–H groups in total. The second-order valence-electron chi connectivity index (χ2n) is 2.29. The molecular formula is C9H9N2NaO. The van der Waals surface area contributed by atoms with E-state index in [1.54, 1.807) is 30.5 Å². The molecule has 3 nitrogen and oxygen atoms in total. The molecule has 1 aromatic carbocycles. The van der Waals surface area contributed by atoms with Crippen molar-refractivity contribution in [3.8, 4) is 6.19 Å². The normalized spacial score (nSPS) is 8.00. The van der Waals surface area contributed by atoms with Crippen molar-refractivity contribution in [2.24, 2.45) is 0 Å². The van der Waals surface area contributed by atoms with Gasteiger partial charge in [-0.25, -0.2) is 4.90 Å². The molecule has 13 heavy (non-hydrogen) atoms. The minimum absolute atomic E-state index is 0. The van der Waals surface area contributed by atoms with E-state index in [1.807, 2.05) is 6.07 Å². The Morgan fingerprint density at radius 2 is 1.92 bits per heavy atom. The van der Waals surface area contributed by atoms with Crippen molar-refractivity contribution in [3.63, 3.8) is 0 Å². The molecule has 4 heteroatoms. The molecule has 0 spiro atoms. The Labute approximate surface area is 99.3 Å². The van der Waals surface area contributed by atoms with E-state index in [-0.39, 0.29) is 35.5 Å². The molecule has 0 fully saturated rings. The van der Waals surface area contributed by atoms with Crippen LogP contribution in [0.3, 0.4) is 0 Å². The molecule has 0 atom stereocenters. The molecular weight excluding hydrogens is 175 g/mol. The van der Waals surface area contributed by atoms with Gasteiger partial charge in [0.25, 0.3) is 0 Å². The summed E-state index contributed by atoms with van der Waals surface area (Å²) in [5, 5.41) is 8.60. The summed E-state index contributed by atoms with van der Waals surface area (Å²) >= 11 is 0. The first-order chi connectivity index (χ1) is 5.75. The van der Waals surface area contributed by atoms with Crippen LogP contribution in [0.4, 0.5) is 5.69 Å². The monoisotopic (exact) mass is 184 g/mol. The van der Waals surface area contributed by atoms with Crippen LogP contribution in [0.1, 0.15) is 6.92 Å². The number of amides is 1. The molecule has 1 amide bonds. The van der Waals surface area contributed by atoms with E-state index >= 15 is 0 Å². The number of carbonyl (C=O) groups is 1. The molecule has 0 saturated carbocycles. The first-order valence-electron chi connectivity index (χ1n) is 3.51. The first-order valence-corrected chi connectivity index (χ1v) is 3.51. The SMILES string of the molecule is CC(=O)N(C#N)c1ccccc1.[NaH]. The van der Waals surface area contributed by atoms with E-state index in [0.717, 1.165) is 4.90 Å². The molecule has 1 rings (SSSR count). The van der Waals surface area contributed by atoms with Crippen LogP contribution in [0, 0.1) is 11.5 Å². The Morgan fingerprint density at radius 3 is 2.31 bits per heavy atom. The first kappa shape index (κ1) is 12.2. The number of hydrogen-bond donors (Lipinski definition) is 0. The van der Waals surface area contributed by atoms with Crippen molar-refractivity contribution in [1.29, 1.82) is 5.26 Å². The topological polar surface area (TPSA) is 44.1 Å². The van der Waals surface area contributed by atoms with E-state index in [2.05, 4.69) is 0 Å². The van der Waals surface area contributed by atoms with Crippen molar-refractivity contribution < 1.29 is 4.79 Å². The van der Waals surface area contributed by atoms with Gasteiger partial charge in [0.2, 0.25) is 5.91 Å². The van der Waals surface area contributed by atoms with Crippen LogP contribution in [0.15, 0.2) is 30.3 Å². The summed E-state index contributed by atoms with van der Waals surface area (Å²) in [6, 6.07) is 8.82. The summed E-state index contributed by atoms with van der Waals surface area (Å²) in [5.74, 6) is -0.274. The zero-order valence-corrected chi connectivity index (χ0v) is 6.69. The van der Waals surface area contributed by atoms with Gasteiger partial charge < -0.3 is 0 Å². The van der Waals surface area contributed by atoms with Crippen LogP contribution < -0.4 is 4.90 Å². The Kier molecular flexibility index (Phi) is 5.40. The fraction of sp³-hybridized carbons (Fsp3) is 0.111. The van der Waals surface area contributed by atoms with Crippen LogP contribution >= 0.6 is 0 Å². The van der Waals surface area contributed by atoms with Crippen LogP contribution in [-0.2, 0) is 4.79 Å². The zero-order chi connectivity index (χ0) is 8.97. The molecule has 0 aliphatic rings. The van der Waals surface area contributed by atoms with Crippen molar-refractivity contribution in [2.75, 3.05) is 4.90 Å². The quantitative estimate of drug-likeness (QED) is 0.369. The predicted molar refractivity (Wildman–Crippen MR) is 52.4 cm³/mol. The summed E-state index contributed by atoms with van der Waals surface area (Å²) in [5.41, 5.74) is 0.604. The molecule has 62 valence electrons. The second kappa shape index (κ2) is 5.76. The van der Waals surface area contributed by atoms with Gasteiger partial charge in [0.1, 0.15) is 0 Å². The second-order valence-corrected chi connectivity index (χ2v) is 2.29. The zero-order valence-electron chi connectivity index (χ0n) is 6.69. The predicted octanol–water partition coefficient (Wildman–Crippen LogP) is 0.872. The standard InChI is InChI=1S/C9H8N2O.Na.H/c1-8(12)11(7-10)9-5-3-2-4-6-9;;/h2-6H,1H3;;. The Bertz CT molecular complexity index is 318. The van der Waals surface area contributed by atoms with Crippen LogP contribution in [0.2, 0.25) is 0 Å². The van der Waals surface area contributed by atoms with Gasteiger partial charge in [-0.1, -0.05) is 18.2 Å². The fourth-order valence-electron chi connectivity index (χ4n) is 0.887. The van der Waals surface area contributed by atoms with Gasteiger partial charge in [-0.15, -0.1) is 0 Å². The van der Waals surface area contributed by atoms with Crippen molar-refractivity contribution >= 4 is 41.2 Å². The van der Waals surface area contributed by atoms with Gasteiger partial charge in [-0.05, 0) is 12.1 Å². The molecule has 1 aromatic rings. The average molecular weight is 184 g/mol. The summed E-state index contributed by atoms with van der Waals surface area (Å²) in [6.07, 6.45) is 1.80. The summed E-state index contributed by atoms with van der Waals surface area (Å²) in [6.45, 7) is 1.36. The van der Waals surface area contributed by atoms with E-state index < -0.39 is 0 Å². The fourth-order valence-corrected chi connectivity index (χ4v) is 0.887. The molecule has 0 unspecified atom stereocenters. The average Bonchev–Trinajstić information content (AvgIpc) is 2.07. The van der Waals surface area contributed by atoms with Crippen molar-refractivity contribution in [1.82, 2.24) is 0 Å². The Hall–Kier alpha value is -0.820. The molecule has 0 saturated heterocycles. The third-order valence-electron chi connectivity index (χ3n) is 1.43. The van der Waals surface area contributed by atoms with Gasteiger partial charge in [0.05, 0.1) is 5.69 Å². The van der Waals surface area contributed by atoms with Crippen LogP contribution in [-0.4, -0.2) is 35.5 Å². The van der Waals surface area contributed by atoms with Gasteiger partial charge in [0.15, 0.2) is 6.19 Å². The van der Waals surface area contributed by atoms with E-state index in [4.69, 9.17) is 5.26 Å². The third-order valence-corrected chi connectivity index (χ3v) is 1.43. The summed E-state index contributed by atoms with van der Waals surface area (Å²) in [7, 11) is 0. The van der Waals surface area contributed by atoms with Gasteiger partial charge in [-0.3, -0.25) is 4.79 Å². The number of anilines is 1. The third kappa shape index (κ3) is 3.19. The molecule has 0 bridgehead atoms. The maximum atomic E-state index is 10.9. The molecule has 0 radical (unpaired) electrons. The van der Waals surface area contributed by atoms with Crippen molar-refractivity contribution in [2.45, 2.75) is 6.92 Å². The van der Waals surface area contributed by atoms with Crippen LogP contribution in [0.25, 0.3) is 0 Å². The summed E-state index contributed by atoms with van der Waals surface area (Å²) < 4.78 is 0. The Balaban J connectivity index is 0.00000144. The van der Waals surface area contributed by atoms with Gasteiger partial charge >= 0.3 is 29.6 Å². The minimum atomic E-state index is -0.274. The van der Waals surface area contributed by atoms with Gasteiger partial charge in [-0.2, -0.15) is 5.26 Å². The van der Waals surface area contributed by atoms with E-state index in [1.165, 1.54) is 6.92 Å². The number of nitriles is 1. The number of benzene rings is 1. The Morgan fingerprint density at radius 1 is 1.38 bits per heavy atom. The van der Waals surface area contributed by atoms with E-state index in [9.17, 15) is 4.79 Å². The summed E-state index contributed by atoms with van der Waals surface area (Å²) in [4.78, 5) is 11.9. The van der Waals surface area contributed by atoms with Gasteiger partial charge in [0, 0.05) is 6.92 Å². The maximum absolute atomic E-state index is 10.9. The number of rotatable bonds is 1. The number of nitrogens with zero attached hydrogens (tertiary/aromatic N) is 2.